The van der Waals surface area contributed by atoms with Crippen LogP contribution in [0.15, 0.2) is 52.9 Å². The zero-order valence-electron chi connectivity index (χ0n) is 11.8. The van der Waals surface area contributed by atoms with Crippen molar-refractivity contribution in [2.75, 3.05) is 0 Å². The SMILES string of the molecule is O=C(O)Cc1oc(-c2ccc(F)cc2)nc1-c1ccc(Cl)cc1. The fourth-order valence-corrected chi connectivity index (χ4v) is 2.28. The molecule has 1 heterocycles. The highest BCUT2D eigenvalue weighted by atomic mass is 35.5. The van der Waals surface area contributed by atoms with Gasteiger partial charge < -0.3 is 9.52 Å². The van der Waals surface area contributed by atoms with Gasteiger partial charge in [0.05, 0.1) is 0 Å². The third-order valence-corrected chi connectivity index (χ3v) is 3.47. The molecule has 0 saturated heterocycles. The first-order chi connectivity index (χ1) is 11.0. The Kier molecular flexibility index (Phi) is 4.12. The van der Waals surface area contributed by atoms with Gasteiger partial charge in [-0.3, -0.25) is 4.79 Å². The van der Waals surface area contributed by atoms with Crippen LogP contribution in [0.1, 0.15) is 5.76 Å². The fourth-order valence-electron chi connectivity index (χ4n) is 2.16. The normalized spacial score (nSPS) is 10.7. The van der Waals surface area contributed by atoms with E-state index in [1.807, 2.05) is 0 Å². The summed E-state index contributed by atoms with van der Waals surface area (Å²) in [6, 6.07) is 12.5. The molecule has 0 atom stereocenters. The first kappa shape index (κ1) is 15.2. The maximum Gasteiger partial charge on any atom is 0.311 e. The second-order valence-corrected chi connectivity index (χ2v) is 5.31. The van der Waals surface area contributed by atoms with Gasteiger partial charge in [-0.25, -0.2) is 9.37 Å². The van der Waals surface area contributed by atoms with E-state index in [0.717, 1.165) is 0 Å². The second-order valence-electron chi connectivity index (χ2n) is 4.88. The van der Waals surface area contributed by atoms with Gasteiger partial charge in [0.1, 0.15) is 23.7 Å². The van der Waals surface area contributed by atoms with Crippen LogP contribution in [-0.4, -0.2) is 16.1 Å². The lowest BCUT2D eigenvalue weighted by atomic mass is 10.1. The molecule has 0 aliphatic carbocycles. The number of carboxylic acids is 1. The summed E-state index contributed by atoms with van der Waals surface area (Å²) in [7, 11) is 0. The summed E-state index contributed by atoms with van der Waals surface area (Å²) >= 11 is 5.87. The summed E-state index contributed by atoms with van der Waals surface area (Å²) in [5, 5.41) is 9.61. The summed E-state index contributed by atoms with van der Waals surface area (Å²) in [4.78, 5) is 15.4. The molecule has 3 rings (SSSR count). The van der Waals surface area contributed by atoms with Crippen molar-refractivity contribution >= 4 is 17.6 Å². The molecule has 0 aliphatic rings. The lowest BCUT2D eigenvalue weighted by Crippen LogP contribution is -2.00. The maximum absolute atomic E-state index is 13.0. The number of aromatic nitrogens is 1. The van der Waals surface area contributed by atoms with Gasteiger partial charge in [0.15, 0.2) is 0 Å². The quantitative estimate of drug-likeness (QED) is 0.768. The number of oxazole rings is 1. The van der Waals surface area contributed by atoms with Crippen LogP contribution in [-0.2, 0) is 11.2 Å². The lowest BCUT2D eigenvalue weighted by Gasteiger charge is -1.99. The van der Waals surface area contributed by atoms with Crippen LogP contribution < -0.4 is 0 Å². The average Bonchev–Trinajstić information content (AvgIpc) is 2.92. The Morgan fingerprint density at radius 2 is 1.70 bits per heavy atom. The predicted octanol–water partition coefficient (Wildman–Crippen LogP) is 4.43. The molecule has 4 nitrogen and oxygen atoms in total. The van der Waals surface area contributed by atoms with Crippen LogP contribution in [0.4, 0.5) is 4.39 Å². The van der Waals surface area contributed by atoms with Gasteiger partial charge in [0, 0.05) is 16.1 Å². The average molecular weight is 332 g/mol. The molecular formula is C17H11ClFNO3. The number of carbonyl (C=O) groups is 1. The Labute approximate surface area is 136 Å². The van der Waals surface area contributed by atoms with Crippen molar-refractivity contribution in [2.24, 2.45) is 0 Å². The van der Waals surface area contributed by atoms with Crippen LogP contribution in [0.3, 0.4) is 0 Å². The number of halogens is 2. The lowest BCUT2D eigenvalue weighted by molar-refractivity contribution is -0.136. The zero-order chi connectivity index (χ0) is 16.4. The third-order valence-electron chi connectivity index (χ3n) is 3.22. The van der Waals surface area contributed by atoms with Gasteiger partial charge >= 0.3 is 5.97 Å². The number of hydrogen-bond acceptors (Lipinski definition) is 3. The standard InChI is InChI=1S/C17H11ClFNO3/c18-12-5-1-10(2-6-12)16-14(9-15(21)22)23-17(20-16)11-3-7-13(19)8-4-11/h1-8H,9H2,(H,21,22). The highest BCUT2D eigenvalue weighted by Gasteiger charge is 2.18. The highest BCUT2D eigenvalue weighted by Crippen LogP contribution is 2.30. The fraction of sp³-hybridized carbons (Fsp3) is 0.0588. The summed E-state index contributed by atoms with van der Waals surface area (Å²) in [6.07, 6.45) is -0.299. The molecule has 116 valence electrons. The molecule has 23 heavy (non-hydrogen) atoms. The van der Waals surface area contributed by atoms with Gasteiger partial charge in [-0.15, -0.1) is 0 Å². The van der Waals surface area contributed by atoms with Crippen LogP contribution >= 0.6 is 11.6 Å². The predicted molar refractivity (Wildman–Crippen MR) is 83.7 cm³/mol. The molecule has 1 aromatic heterocycles. The van der Waals surface area contributed by atoms with Gasteiger partial charge in [-0.05, 0) is 36.4 Å². The first-order valence-electron chi connectivity index (χ1n) is 6.76. The van der Waals surface area contributed by atoms with Crippen molar-refractivity contribution in [3.63, 3.8) is 0 Å². The Morgan fingerprint density at radius 3 is 2.30 bits per heavy atom. The van der Waals surface area contributed by atoms with Crippen LogP contribution in [0, 0.1) is 5.82 Å². The number of carboxylic acid groups (broad SMARTS) is 1. The number of nitrogens with zero attached hydrogens (tertiary/aromatic N) is 1. The third kappa shape index (κ3) is 3.40. The first-order valence-corrected chi connectivity index (χ1v) is 7.14. The van der Waals surface area contributed by atoms with E-state index >= 15 is 0 Å². The van der Waals surface area contributed by atoms with Crippen LogP contribution in [0.2, 0.25) is 5.02 Å². The van der Waals surface area contributed by atoms with E-state index in [1.165, 1.54) is 24.3 Å². The summed E-state index contributed by atoms with van der Waals surface area (Å²) < 4.78 is 18.6. The largest absolute Gasteiger partial charge is 0.481 e. The topological polar surface area (TPSA) is 63.3 Å². The van der Waals surface area contributed by atoms with Gasteiger partial charge in [0.25, 0.3) is 0 Å². The molecule has 0 unspecified atom stereocenters. The minimum absolute atomic E-state index is 0.235. The molecular weight excluding hydrogens is 321 g/mol. The van der Waals surface area contributed by atoms with Crippen molar-refractivity contribution in [3.8, 4) is 22.7 Å². The van der Waals surface area contributed by atoms with Crippen molar-refractivity contribution in [3.05, 3.63) is 65.1 Å². The van der Waals surface area contributed by atoms with E-state index in [-0.39, 0.29) is 23.9 Å². The van der Waals surface area contributed by atoms with Crippen molar-refractivity contribution in [1.82, 2.24) is 4.98 Å². The van der Waals surface area contributed by atoms with E-state index in [1.54, 1.807) is 24.3 Å². The number of rotatable bonds is 4. The smallest absolute Gasteiger partial charge is 0.311 e. The number of benzene rings is 2. The Morgan fingerprint density at radius 1 is 1.09 bits per heavy atom. The molecule has 0 radical (unpaired) electrons. The summed E-state index contributed by atoms with van der Waals surface area (Å²) in [6.45, 7) is 0. The van der Waals surface area contributed by atoms with Crippen molar-refractivity contribution in [2.45, 2.75) is 6.42 Å². The van der Waals surface area contributed by atoms with Crippen molar-refractivity contribution < 1.29 is 18.7 Å². The van der Waals surface area contributed by atoms with E-state index in [2.05, 4.69) is 4.98 Å². The molecule has 0 saturated carbocycles. The minimum Gasteiger partial charge on any atom is -0.481 e. The number of aliphatic carboxylic acids is 1. The zero-order valence-corrected chi connectivity index (χ0v) is 12.5. The molecule has 6 heteroatoms. The molecule has 0 aliphatic heterocycles. The van der Waals surface area contributed by atoms with Gasteiger partial charge in [-0.1, -0.05) is 23.7 Å². The summed E-state index contributed by atoms with van der Waals surface area (Å²) in [5.74, 6) is -0.920. The summed E-state index contributed by atoms with van der Waals surface area (Å²) in [5.41, 5.74) is 1.70. The van der Waals surface area contributed by atoms with E-state index in [0.29, 0.717) is 21.8 Å². The molecule has 2 aromatic carbocycles. The molecule has 0 bridgehead atoms. The Hall–Kier alpha value is -2.66. The monoisotopic (exact) mass is 331 g/mol. The van der Waals surface area contributed by atoms with E-state index in [4.69, 9.17) is 21.1 Å². The second kappa shape index (κ2) is 6.22. The molecule has 0 spiro atoms. The molecule has 0 fully saturated rings. The Balaban J connectivity index is 2.08. The minimum atomic E-state index is -1.03. The Bertz CT molecular complexity index is 841. The number of hydrogen-bond donors (Lipinski definition) is 1. The van der Waals surface area contributed by atoms with E-state index < -0.39 is 5.97 Å². The van der Waals surface area contributed by atoms with Crippen LogP contribution in [0.25, 0.3) is 22.7 Å². The van der Waals surface area contributed by atoms with Gasteiger partial charge in [-0.2, -0.15) is 0 Å². The van der Waals surface area contributed by atoms with Crippen molar-refractivity contribution in [1.29, 1.82) is 0 Å². The van der Waals surface area contributed by atoms with Gasteiger partial charge in [0.2, 0.25) is 5.89 Å². The van der Waals surface area contributed by atoms with Crippen LogP contribution in [0.5, 0.6) is 0 Å². The molecule has 1 N–H and O–H groups in total. The highest BCUT2D eigenvalue weighted by molar-refractivity contribution is 6.30. The maximum atomic E-state index is 13.0. The molecule has 3 aromatic rings. The molecule has 0 amide bonds. The van der Waals surface area contributed by atoms with E-state index in [9.17, 15) is 9.18 Å².